The summed E-state index contributed by atoms with van der Waals surface area (Å²) in [4.78, 5) is 0. The van der Waals surface area contributed by atoms with E-state index in [1.165, 1.54) is 0 Å². The second-order valence-corrected chi connectivity index (χ2v) is 0. The molecule has 0 aromatic carbocycles. The Morgan fingerprint density at radius 1 is 1.25 bits per heavy atom. The van der Waals surface area contributed by atoms with E-state index in [-0.39, 0.29) is 49.7 Å². The van der Waals surface area contributed by atoms with Gasteiger partial charge in [0.2, 0.25) is 0 Å². The quantitative estimate of drug-likeness (QED) is 0.419. The maximum atomic E-state index is 3.50. The van der Waals surface area contributed by atoms with Gasteiger partial charge in [0.25, 0.3) is 0 Å². The van der Waals surface area contributed by atoms with Gasteiger partial charge in [0.05, 0.1) is 0 Å². The molecule has 0 spiro atoms. The Morgan fingerprint density at radius 2 is 1.25 bits per heavy atom. The predicted molar refractivity (Wildman–Crippen MR) is 23.0 cm³/mol. The summed E-state index contributed by atoms with van der Waals surface area (Å²) >= 11 is 1.84. The van der Waals surface area contributed by atoms with Crippen LogP contribution >= 0.6 is 31.0 Å². The zero-order valence-electron chi connectivity index (χ0n) is 1.77. The molecule has 0 nitrogen and oxygen atoms in total. The minimum Gasteiger partial charge on any atom is -0.107 e. The minimum absolute atomic E-state index is 0. The van der Waals surface area contributed by atoms with Gasteiger partial charge in [-0.05, 0) is 21.2 Å². The molecule has 0 atom stereocenters. The first-order chi connectivity index (χ1) is 1.00. The number of halogens is 1. The van der Waals surface area contributed by atoms with Crippen molar-refractivity contribution in [3.05, 3.63) is 0 Å². The first kappa shape index (κ1) is 15.9. The molecule has 4 heavy (non-hydrogen) atoms. The van der Waals surface area contributed by atoms with Crippen molar-refractivity contribution in [2.24, 2.45) is 0 Å². The monoisotopic (exact) mass is 449 g/mol. The SMILES string of the molecule is SI.[U].[V]. The number of hydrogen-bond acceptors (Lipinski definition) is 1. The second kappa shape index (κ2) is 17.2. The van der Waals surface area contributed by atoms with E-state index in [4.69, 9.17) is 0 Å². The second-order valence-electron chi connectivity index (χ2n) is 0. The Kier molecular flexibility index (Phi) is 68.5. The third-order valence-electron chi connectivity index (χ3n) is 0. The van der Waals surface area contributed by atoms with Gasteiger partial charge in [-0.2, -0.15) is 0 Å². The fraction of sp³-hybridized carbons (Fsp3) is 0. The first-order valence-corrected chi connectivity index (χ1v) is 3.40. The zero-order valence-corrected chi connectivity index (χ0v) is 10.4. The molecule has 0 unspecified atom stereocenters. The van der Waals surface area contributed by atoms with Gasteiger partial charge in [-0.25, -0.2) is 0 Å². The van der Waals surface area contributed by atoms with Crippen LogP contribution in [0.25, 0.3) is 0 Å². The molecule has 0 N–H and O–H groups in total. The van der Waals surface area contributed by atoms with E-state index in [2.05, 4.69) is 9.80 Å². The molecular weight excluding hydrogens is 448 g/mol. The Morgan fingerprint density at radius 3 is 1.25 bits per heavy atom. The van der Waals surface area contributed by atoms with Gasteiger partial charge in [0.15, 0.2) is 0 Å². The van der Waals surface area contributed by atoms with E-state index < -0.39 is 0 Å². The minimum atomic E-state index is 0. The molecule has 0 aromatic heterocycles. The molecule has 0 saturated carbocycles. The van der Waals surface area contributed by atoms with Crippen molar-refractivity contribution in [3.63, 3.8) is 0 Å². The summed E-state index contributed by atoms with van der Waals surface area (Å²) in [6.07, 6.45) is 0. The van der Waals surface area contributed by atoms with Crippen LogP contribution in [-0.2, 0) is 18.6 Å². The maximum absolute atomic E-state index is 3.50. The summed E-state index contributed by atoms with van der Waals surface area (Å²) in [7, 11) is 3.50. The van der Waals surface area contributed by atoms with Crippen LogP contribution in [0, 0.1) is 31.1 Å². The molecule has 23 valence electrons. The van der Waals surface area contributed by atoms with Gasteiger partial charge in [-0.1, -0.05) is 0 Å². The molecule has 0 bridgehead atoms. The van der Waals surface area contributed by atoms with Crippen molar-refractivity contribution in [1.82, 2.24) is 0 Å². The van der Waals surface area contributed by atoms with Crippen LogP contribution in [-0.4, -0.2) is 0 Å². The smallest absolute Gasteiger partial charge is 0 e. The van der Waals surface area contributed by atoms with Crippen LogP contribution in [0.1, 0.15) is 0 Å². The van der Waals surface area contributed by atoms with Gasteiger partial charge >= 0.3 is 0 Å². The van der Waals surface area contributed by atoms with Gasteiger partial charge in [-0.3, -0.25) is 0 Å². The van der Waals surface area contributed by atoms with Crippen molar-refractivity contribution in [2.75, 3.05) is 0 Å². The summed E-state index contributed by atoms with van der Waals surface area (Å²) < 4.78 is 0. The Hall–Kier alpha value is 2.72. The van der Waals surface area contributed by atoms with Crippen LogP contribution in [0.5, 0.6) is 0 Å². The standard InChI is InChI=1S/HIS.U.V/c1-2;;/h2H;;. The molecule has 0 aliphatic carbocycles. The van der Waals surface area contributed by atoms with Crippen molar-refractivity contribution in [3.8, 4) is 0 Å². The molecule has 4 heteroatoms. The van der Waals surface area contributed by atoms with Crippen LogP contribution in [0.2, 0.25) is 0 Å². The van der Waals surface area contributed by atoms with Crippen LogP contribution in [0.3, 0.4) is 0 Å². The van der Waals surface area contributed by atoms with E-state index in [0.29, 0.717) is 0 Å². The van der Waals surface area contributed by atoms with Crippen molar-refractivity contribution in [2.45, 2.75) is 0 Å². The van der Waals surface area contributed by atoms with Crippen LogP contribution < -0.4 is 0 Å². The fourth-order valence-corrected chi connectivity index (χ4v) is 0. The normalized spacial score (nSPS) is 1.50. The molecule has 1 radical (unpaired) electrons. The van der Waals surface area contributed by atoms with E-state index in [1.54, 1.807) is 0 Å². The molecule has 0 rings (SSSR count). The average molecular weight is 449 g/mol. The summed E-state index contributed by atoms with van der Waals surface area (Å²) in [5, 5.41) is 0. The predicted octanol–water partition coefficient (Wildman–Crippen LogP) is 1.26. The average Bonchev–Trinajstić information content (AvgIpc) is 1.00. The Balaban J connectivity index is -0.00000000500. The van der Waals surface area contributed by atoms with Gasteiger partial charge in [0, 0.05) is 49.7 Å². The molecule has 0 fully saturated rings. The third-order valence-corrected chi connectivity index (χ3v) is 0. The Bertz CT molecular complexity index is 8.00. The van der Waals surface area contributed by atoms with Crippen molar-refractivity contribution in [1.29, 1.82) is 0 Å². The van der Waals surface area contributed by atoms with Crippen molar-refractivity contribution < 1.29 is 49.7 Å². The van der Waals surface area contributed by atoms with E-state index in [9.17, 15) is 0 Å². The van der Waals surface area contributed by atoms with E-state index in [0.717, 1.165) is 0 Å². The number of thiol groups is 1. The zero-order chi connectivity index (χ0) is 2.00. The first-order valence-electron chi connectivity index (χ1n) is 0.169. The summed E-state index contributed by atoms with van der Waals surface area (Å²) in [5.41, 5.74) is 0. The maximum Gasteiger partial charge on any atom is 0 e. The molecule has 0 aliphatic rings. The molecule has 0 saturated heterocycles. The van der Waals surface area contributed by atoms with E-state index in [1.807, 2.05) is 21.2 Å². The largest absolute Gasteiger partial charge is 0.107 e. The molecule has 0 heterocycles. The molecular formula is HISUV. The third kappa shape index (κ3) is 8.83. The number of hydrogen-bond donors (Lipinski definition) is 1. The number of rotatable bonds is 0. The van der Waals surface area contributed by atoms with Crippen LogP contribution in [0.15, 0.2) is 0 Å². The van der Waals surface area contributed by atoms with Gasteiger partial charge < -0.3 is 0 Å². The molecule has 0 aromatic rings. The van der Waals surface area contributed by atoms with Crippen LogP contribution in [0.4, 0.5) is 0 Å². The topological polar surface area (TPSA) is 0 Å². The Labute approximate surface area is 79.1 Å². The molecule has 0 aliphatic heterocycles. The molecule has 0 amide bonds. The van der Waals surface area contributed by atoms with Gasteiger partial charge in [-0.15, -0.1) is 9.80 Å². The van der Waals surface area contributed by atoms with Crippen molar-refractivity contribution >= 4 is 31.0 Å². The summed E-state index contributed by atoms with van der Waals surface area (Å²) in [6, 6.07) is 0. The fourth-order valence-electron chi connectivity index (χ4n) is 0. The summed E-state index contributed by atoms with van der Waals surface area (Å²) in [5.74, 6) is 0. The summed E-state index contributed by atoms with van der Waals surface area (Å²) in [6.45, 7) is 0. The van der Waals surface area contributed by atoms with E-state index >= 15 is 0 Å². The van der Waals surface area contributed by atoms with Gasteiger partial charge in [0.1, 0.15) is 0 Å².